The molecule has 8 nitrogen and oxygen atoms in total. The Morgan fingerprint density at radius 2 is 1.97 bits per heavy atom. The van der Waals surface area contributed by atoms with Crippen LogP contribution in [0.5, 0.6) is 0 Å². The third-order valence-corrected chi connectivity index (χ3v) is 6.71. The fourth-order valence-electron chi connectivity index (χ4n) is 2.56. The Hall–Kier alpha value is -3.11. The second-order valence-electron chi connectivity index (χ2n) is 5.98. The van der Waals surface area contributed by atoms with E-state index in [4.69, 9.17) is 4.42 Å². The van der Waals surface area contributed by atoms with Gasteiger partial charge in [0.15, 0.2) is 0 Å². The van der Waals surface area contributed by atoms with E-state index in [-0.39, 0.29) is 22.0 Å². The van der Waals surface area contributed by atoms with Crippen LogP contribution in [0.3, 0.4) is 0 Å². The van der Waals surface area contributed by atoms with Crippen LogP contribution >= 0.6 is 11.3 Å². The van der Waals surface area contributed by atoms with E-state index >= 15 is 0 Å². The van der Waals surface area contributed by atoms with Crippen molar-refractivity contribution in [2.75, 3.05) is 11.8 Å². The van der Waals surface area contributed by atoms with Gasteiger partial charge in [0.1, 0.15) is 21.3 Å². The van der Waals surface area contributed by atoms with Crippen molar-refractivity contribution in [1.29, 1.82) is 0 Å². The van der Waals surface area contributed by atoms with Crippen molar-refractivity contribution >= 4 is 38.9 Å². The monoisotopic (exact) mass is 434 g/mol. The maximum Gasteiger partial charge on any atom is 0.341 e. The van der Waals surface area contributed by atoms with Crippen molar-refractivity contribution in [1.82, 2.24) is 5.32 Å². The van der Waals surface area contributed by atoms with Gasteiger partial charge in [-0.3, -0.25) is 9.52 Å². The lowest BCUT2D eigenvalue weighted by Gasteiger charge is -2.08. The van der Waals surface area contributed by atoms with E-state index < -0.39 is 21.9 Å². The molecule has 3 aromatic rings. The summed E-state index contributed by atoms with van der Waals surface area (Å²) in [5.74, 6) is -0.151. The average Bonchev–Trinajstić information content (AvgIpc) is 3.36. The van der Waals surface area contributed by atoms with Crippen molar-refractivity contribution in [3.63, 3.8) is 0 Å². The number of ether oxygens (including phenoxy) is 1. The second-order valence-corrected chi connectivity index (χ2v) is 8.83. The zero-order valence-electron chi connectivity index (χ0n) is 15.6. The first-order valence-corrected chi connectivity index (χ1v) is 10.8. The fourth-order valence-corrected chi connectivity index (χ4v) is 4.60. The number of nitrogens with one attached hydrogen (secondary N) is 2. The molecule has 1 aromatic carbocycles. The summed E-state index contributed by atoms with van der Waals surface area (Å²) in [5.41, 5.74) is 0.836. The Kier molecular flexibility index (Phi) is 6.04. The van der Waals surface area contributed by atoms with Crippen molar-refractivity contribution < 1.29 is 27.2 Å². The maximum absolute atomic E-state index is 12.4. The molecule has 2 heterocycles. The van der Waals surface area contributed by atoms with Crippen LogP contribution in [0.4, 0.5) is 5.69 Å². The highest BCUT2D eigenvalue weighted by Gasteiger charge is 2.17. The molecule has 0 atom stereocenters. The summed E-state index contributed by atoms with van der Waals surface area (Å²) in [6, 6.07) is 10.8. The highest BCUT2D eigenvalue weighted by molar-refractivity contribution is 7.94. The molecule has 152 valence electrons. The predicted octanol–water partition coefficient (Wildman–Crippen LogP) is 3.17. The van der Waals surface area contributed by atoms with Gasteiger partial charge in [-0.2, -0.15) is 0 Å². The minimum Gasteiger partial charge on any atom is -0.465 e. The lowest BCUT2D eigenvalue weighted by Crippen LogP contribution is -2.22. The molecule has 2 N–H and O–H groups in total. The number of anilines is 1. The first kappa shape index (κ1) is 20.6. The van der Waals surface area contributed by atoms with E-state index in [1.54, 1.807) is 36.6 Å². The molecular weight excluding hydrogens is 416 g/mol. The van der Waals surface area contributed by atoms with Gasteiger partial charge in [-0.1, -0.05) is 12.1 Å². The van der Waals surface area contributed by atoms with Gasteiger partial charge in [0.2, 0.25) is 0 Å². The van der Waals surface area contributed by atoms with Crippen molar-refractivity contribution in [3.8, 4) is 0 Å². The number of benzene rings is 1. The van der Waals surface area contributed by atoms with Crippen LogP contribution in [0, 0.1) is 6.92 Å². The molecule has 0 radical (unpaired) electrons. The summed E-state index contributed by atoms with van der Waals surface area (Å²) in [6.45, 7) is 1.68. The first-order valence-electron chi connectivity index (χ1n) is 8.42. The Balaban J connectivity index is 1.68. The number of esters is 1. The zero-order valence-corrected chi connectivity index (χ0v) is 17.2. The Morgan fingerprint density at radius 3 is 2.66 bits per heavy atom. The first-order chi connectivity index (χ1) is 13.8. The molecule has 1 amide bonds. The van der Waals surface area contributed by atoms with Crippen LogP contribution in [0.25, 0.3) is 0 Å². The van der Waals surface area contributed by atoms with Crippen LogP contribution in [0.2, 0.25) is 0 Å². The number of amides is 1. The third-order valence-electron chi connectivity index (χ3n) is 3.93. The summed E-state index contributed by atoms with van der Waals surface area (Å²) in [6.07, 6.45) is 0. The number of hydrogen-bond donors (Lipinski definition) is 2. The molecule has 0 bridgehead atoms. The molecule has 0 aliphatic rings. The highest BCUT2D eigenvalue weighted by Crippen LogP contribution is 2.21. The highest BCUT2D eigenvalue weighted by atomic mass is 32.2. The molecule has 3 rings (SSSR count). The fraction of sp³-hybridized carbons (Fsp3) is 0.158. The van der Waals surface area contributed by atoms with Crippen LogP contribution in [0.1, 0.15) is 32.2 Å². The standard InChI is InChI=1S/C19H18N2O6S2/c1-12-16(19(23)26-2)10-15(27-12)11-20-18(22)13-5-3-6-14(9-13)21-29(24,25)17-7-4-8-28-17/h3-10,21H,11H2,1-2H3,(H,20,22). The molecule has 0 aliphatic heterocycles. The molecule has 29 heavy (non-hydrogen) atoms. The third kappa shape index (κ3) is 4.84. The molecule has 0 fully saturated rings. The molecule has 2 aromatic heterocycles. The molecule has 0 aliphatic carbocycles. The molecule has 10 heteroatoms. The smallest absolute Gasteiger partial charge is 0.341 e. The van der Waals surface area contributed by atoms with Gasteiger partial charge in [0.05, 0.1) is 13.7 Å². The van der Waals surface area contributed by atoms with Crippen LogP contribution in [-0.2, 0) is 21.3 Å². The van der Waals surface area contributed by atoms with E-state index in [2.05, 4.69) is 14.8 Å². The number of carbonyl (C=O) groups is 2. The molecule has 0 unspecified atom stereocenters. The van der Waals surface area contributed by atoms with E-state index in [0.717, 1.165) is 11.3 Å². The van der Waals surface area contributed by atoms with E-state index in [1.165, 1.54) is 25.3 Å². The quantitative estimate of drug-likeness (QED) is 0.552. The largest absolute Gasteiger partial charge is 0.465 e. The number of furan rings is 1. The number of aryl methyl sites for hydroxylation is 1. The van der Waals surface area contributed by atoms with Gasteiger partial charge >= 0.3 is 5.97 Å². The summed E-state index contributed by atoms with van der Waals surface area (Å²) in [4.78, 5) is 24.0. The van der Waals surface area contributed by atoms with Gasteiger partial charge in [-0.25, -0.2) is 13.2 Å². The topological polar surface area (TPSA) is 115 Å². The van der Waals surface area contributed by atoms with Crippen LogP contribution < -0.4 is 10.0 Å². The summed E-state index contributed by atoms with van der Waals surface area (Å²) < 4.78 is 37.4. The molecular formula is C19H18N2O6S2. The Labute approximate surface area is 171 Å². The van der Waals surface area contributed by atoms with Crippen molar-refractivity contribution in [2.45, 2.75) is 17.7 Å². The number of rotatable bonds is 7. The van der Waals surface area contributed by atoms with Gasteiger partial charge in [-0.05, 0) is 42.6 Å². The van der Waals surface area contributed by atoms with Crippen molar-refractivity contribution in [3.05, 3.63) is 70.5 Å². The van der Waals surface area contributed by atoms with Crippen LogP contribution in [-0.4, -0.2) is 27.4 Å². The molecule has 0 saturated carbocycles. The van der Waals surface area contributed by atoms with Gasteiger partial charge in [-0.15, -0.1) is 11.3 Å². The summed E-state index contributed by atoms with van der Waals surface area (Å²) in [7, 11) is -2.43. The normalized spacial score (nSPS) is 11.1. The zero-order chi connectivity index (χ0) is 21.0. The Morgan fingerprint density at radius 1 is 1.17 bits per heavy atom. The number of hydrogen-bond acceptors (Lipinski definition) is 7. The number of sulfonamides is 1. The SMILES string of the molecule is COC(=O)c1cc(CNC(=O)c2cccc(NS(=O)(=O)c3cccs3)c2)oc1C. The number of carbonyl (C=O) groups excluding carboxylic acids is 2. The van der Waals surface area contributed by atoms with E-state index in [1.807, 2.05) is 0 Å². The maximum atomic E-state index is 12.4. The number of methoxy groups -OCH3 is 1. The number of thiophene rings is 1. The second kappa shape index (κ2) is 8.50. The van der Waals surface area contributed by atoms with Gasteiger partial charge in [0, 0.05) is 11.3 Å². The Bertz CT molecular complexity index is 1130. The lowest BCUT2D eigenvalue weighted by atomic mass is 10.2. The van der Waals surface area contributed by atoms with E-state index in [0.29, 0.717) is 17.1 Å². The predicted molar refractivity (Wildman–Crippen MR) is 108 cm³/mol. The van der Waals surface area contributed by atoms with Crippen LogP contribution in [0.15, 0.2) is 56.5 Å². The lowest BCUT2D eigenvalue weighted by molar-refractivity contribution is 0.0598. The summed E-state index contributed by atoms with van der Waals surface area (Å²) in [5, 5.41) is 4.34. The minimum atomic E-state index is -3.70. The van der Waals surface area contributed by atoms with Gasteiger partial charge in [0.25, 0.3) is 15.9 Å². The average molecular weight is 434 g/mol. The summed E-state index contributed by atoms with van der Waals surface area (Å²) >= 11 is 1.10. The molecule has 0 saturated heterocycles. The van der Waals surface area contributed by atoms with Crippen molar-refractivity contribution in [2.24, 2.45) is 0 Å². The van der Waals surface area contributed by atoms with Gasteiger partial charge < -0.3 is 14.5 Å². The van der Waals surface area contributed by atoms with E-state index in [9.17, 15) is 18.0 Å². The minimum absolute atomic E-state index is 0.0574. The molecule has 0 spiro atoms.